The number of nitrogens with zero attached hydrogens (tertiary/aromatic N) is 3. The van der Waals surface area contributed by atoms with Gasteiger partial charge in [-0.3, -0.25) is 0 Å². The number of rotatable bonds is 6. The van der Waals surface area contributed by atoms with Gasteiger partial charge in [0.1, 0.15) is 12.4 Å². The molecule has 1 heterocycles. The van der Waals surface area contributed by atoms with Crippen molar-refractivity contribution in [2.45, 2.75) is 57.3 Å². The molecule has 1 unspecified atom stereocenters. The minimum Gasteiger partial charge on any atom is -0.385 e. The lowest BCUT2D eigenvalue weighted by Gasteiger charge is -2.41. The minimum atomic E-state index is -0.579. The third-order valence-corrected chi connectivity index (χ3v) is 3.64. The van der Waals surface area contributed by atoms with Crippen LogP contribution in [0.4, 0.5) is 0 Å². The lowest BCUT2D eigenvalue weighted by Crippen LogP contribution is -2.40. The average Bonchev–Trinajstić information content (AvgIpc) is 2.72. The standard InChI is InChI=1S/C12H21N3O2/c1-3-7-15-11(13-9-14-15)10(16)8-12(17-2)5-4-6-12/h9-10,16H,3-8H2,1-2H3. The quantitative estimate of drug-likeness (QED) is 0.820. The van der Waals surface area contributed by atoms with Crippen molar-refractivity contribution in [2.24, 2.45) is 0 Å². The smallest absolute Gasteiger partial charge is 0.155 e. The molecule has 1 aromatic heterocycles. The Hall–Kier alpha value is -0.940. The molecule has 1 aliphatic rings. The monoisotopic (exact) mass is 239 g/mol. The number of aromatic nitrogens is 3. The number of hydrogen-bond acceptors (Lipinski definition) is 4. The van der Waals surface area contributed by atoms with Crippen molar-refractivity contribution >= 4 is 0 Å². The van der Waals surface area contributed by atoms with E-state index in [1.54, 1.807) is 11.8 Å². The molecule has 1 atom stereocenters. The number of aryl methyl sites for hydroxylation is 1. The zero-order valence-electron chi connectivity index (χ0n) is 10.6. The fourth-order valence-corrected chi connectivity index (χ4v) is 2.42. The third-order valence-electron chi connectivity index (χ3n) is 3.64. The van der Waals surface area contributed by atoms with Gasteiger partial charge >= 0.3 is 0 Å². The summed E-state index contributed by atoms with van der Waals surface area (Å²) in [6.07, 6.45) is 5.77. The number of aliphatic hydroxyl groups excluding tert-OH is 1. The summed E-state index contributed by atoms with van der Waals surface area (Å²) in [6.45, 7) is 2.88. The summed E-state index contributed by atoms with van der Waals surface area (Å²) in [5.74, 6) is 0.662. The molecule has 0 aliphatic heterocycles. The molecule has 1 aliphatic carbocycles. The van der Waals surface area contributed by atoms with Gasteiger partial charge in [-0.05, 0) is 25.7 Å². The van der Waals surface area contributed by atoms with Crippen LogP contribution < -0.4 is 0 Å². The van der Waals surface area contributed by atoms with E-state index >= 15 is 0 Å². The summed E-state index contributed by atoms with van der Waals surface area (Å²) in [7, 11) is 1.72. The maximum Gasteiger partial charge on any atom is 0.155 e. The Morgan fingerprint density at radius 1 is 1.59 bits per heavy atom. The molecule has 0 bridgehead atoms. The van der Waals surface area contributed by atoms with Crippen LogP contribution in [0.3, 0.4) is 0 Å². The highest BCUT2D eigenvalue weighted by Gasteiger charge is 2.39. The van der Waals surface area contributed by atoms with E-state index in [4.69, 9.17) is 4.74 Å². The van der Waals surface area contributed by atoms with Crippen LogP contribution in [-0.2, 0) is 11.3 Å². The van der Waals surface area contributed by atoms with Gasteiger partial charge in [0.25, 0.3) is 0 Å². The van der Waals surface area contributed by atoms with Crippen LogP contribution in [0.5, 0.6) is 0 Å². The number of methoxy groups -OCH3 is 1. The van der Waals surface area contributed by atoms with Crippen molar-refractivity contribution in [3.63, 3.8) is 0 Å². The summed E-state index contributed by atoms with van der Waals surface area (Å²) >= 11 is 0. The highest BCUT2D eigenvalue weighted by molar-refractivity contribution is 4.98. The molecule has 1 N–H and O–H groups in total. The largest absolute Gasteiger partial charge is 0.385 e. The second-order valence-corrected chi connectivity index (χ2v) is 4.80. The van der Waals surface area contributed by atoms with E-state index in [0.717, 1.165) is 25.8 Å². The molecule has 0 radical (unpaired) electrons. The van der Waals surface area contributed by atoms with Gasteiger partial charge in [-0.1, -0.05) is 6.92 Å². The molecule has 0 amide bonds. The Morgan fingerprint density at radius 3 is 2.88 bits per heavy atom. The van der Waals surface area contributed by atoms with Crippen molar-refractivity contribution in [3.8, 4) is 0 Å². The second kappa shape index (κ2) is 5.14. The molecule has 0 spiro atoms. The van der Waals surface area contributed by atoms with Crippen molar-refractivity contribution in [3.05, 3.63) is 12.2 Å². The van der Waals surface area contributed by atoms with E-state index in [1.165, 1.54) is 12.7 Å². The van der Waals surface area contributed by atoms with Crippen LogP contribution in [0, 0.1) is 0 Å². The summed E-state index contributed by atoms with van der Waals surface area (Å²) in [5.41, 5.74) is -0.136. The van der Waals surface area contributed by atoms with Crippen LogP contribution in [-0.4, -0.2) is 32.6 Å². The molecule has 96 valence electrons. The molecule has 5 heteroatoms. The van der Waals surface area contributed by atoms with Crippen molar-refractivity contribution in [1.82, 2.24) is 14.8 Å². The molecule has 1 aromatic rings. The molecule has 1 fully saturated rings. The fraction of sp³-hybridized carbons (Fsp3) is 0.833. The topological polar surface area (TPSA) is 60.2 Å². The second-order valence-electron chi connectivity index (χ2n) is 4.80. The normalized spacial score (nSPS) is 19.9. The van der Waals surface area contributed by atoms with E-state index in [9.17, 15) is 5.11 Å². The van der Waals surface area contributed by atoms with E-state index in [1.807, 2.05) is 0 Å². The maximum absolute atomic E-state index is 10.2. The molecule has 0 saturated heterocycles. The molecule has 1 saturated carbocycles. The summed E-state index contributed by atoms with van der Waals surface area (Å²) in [5, 5.41) is 14.4. The lowest BCUT2D eigenvalue weighted by atomic mass is 9.76. The lowest BCUT2D eigenvalue weighted by molar-refractivity contribution is -0.101. The van der Waals surface area contributed by atoms with Crippen LogP contribution in [0.1, 0.15) is 51.0 Å². The first kappa shape index (κ1) is 12.5. The van der Waals surface area contributed by atoms with Crippen molar-refractivity contribution in [1.29, 1.82) is 0 Å². The molecule has 0 aromatic carbocycles. The van der Waals surface area contributed by atoms with E-state index in [-0.39, 0.29) is 5.60 Å². The Bertz CT molecular complexity index is 355. The molecular formula is C12H21N3O2. The van der Waals surface area contributed by atoms with Gasteiger partial charge in [0, 0.05) is 20.1 Å². The first-order chi connectivity index (χ1) is 8.21. The van der Waals surface area contributed by atoms with Gasteiger partial charge < -0.3 is 9.84 Å². The predicted octanol–water partition coefficient (Wildman–Crippen LogP) is 1.68. The number of aliphatic hydroxyl groups is 1. The molecular weight excluding hydrogens is 218 g/mol. The maximum atomic E-state index is 10.2. The summed E-state index contributed by atoms with van der Waals surface area (Å²) in [6, 6.07) is 0. The van der Waals surface area contributed by atoms with Gasteiger partial charge in [0.2, 0.25) is 0 Å². The zero-order chi connectivity index (χ0) is 12.3. The Morgan fingerprint density at radius 2 is 2.35 bits per heavy atom. The van der Waals surface area contributed by atoms with E-state index in [2.05, 4.69) is 17.0 Å². The fourth-order valence-electron chi connectivity index (χ4n) is 2.42. The Labute approximate surface area is 102 Å². The number of hydrogen-bond donors (Lipinski definition) is 1. The molecule has 2 rings (SSSR count). The predicted molar refractivity (Wildman–Crippen MR) is 63.5 cm³/mol. The molecule has 17 heavy (non-hydrogen) atoms. The Balaban J connectivity index is 2.03. The van der Waals surface area contributed by atoms with Crippen LogP contribution in [0.2, 0.25) is 0 Å². The molecule has 5 nitrogen and oxygen atoms in total. The first-order valence-electron chi connectivity index (χ1n) is 6.32. The van der Waals surface area contributed by atoms with Gasteiger partial charge in [-0.2, -0.15) is 5.10 Å². The van der Waals surface area contributed by atoms with Gasteiger partial charge in [0.15, 0.2) is 5.82 Å². The van der Waals surface area contributed by atoms with Crippen LogP contribution in [0.25, 0.3) is 0 Å². The Kier molecular flexibility index (Phi) is 3.79. The highest BCUT2D eigenvalue weighted by atomic mass is 16.5. The summed E-state index contributed by atoms with van der Waals surface area (Å²) in [4.78, 5) is 4.16. The first-order valence-corrected chi connectivity index (χ1v) is 6.32. The number of ether oxygens (including phenoxy) is 1. The SMILES string of the molecule is CCCn1ncnc1C(O)CC1(OC)CCC1. The zero-order valence-corrected chi connectivity index (χ0v) is 10.6. The van der Waals surface area contributed by atoms with Crippen molar-refractivity contribution < 1.29 is 9.84 Å². The van der Waals surface area contributed by atoms with Gasteiger partial charge in [0.05, 0.1) is 5.60 Å². The van der Waals surface area contributed by atoms with Crippen LogP contribution >= 0.6 is 0 Å². The van der Waals surface area contributed by atoms with E-state index < -0.39 is 6.10 Å². The van der Waals surface area contributed by atoms with Gasteiger partial charge in [-0.25, -0.2) is 9.67 Å². The third kappa shape index (κ3) is 2.50. The average molecular weight is 239 g/mol. The van der Waals surface area contributed by atoms with Crippen LogP contribution in [0.15, 0.2) is 6.33 Å². The highest BCUT2D eigenvalue weighted by Crippen LogP contribution is 2.41. The van der Waals surface area contributed by atoms with E-state index in [0.29, 0.717) is 12.2 Å². The summed E-state index contributed by atoms with van der Waals surface area (Å²) < 4.78 is 7.31. The minimum absolute atomic E-state index is 0.136. The van der Waals surface area contributed by atoms with Crippen molar-refractivity contribution in [2.75, 3.05) is 7.11 Å². The van der Waals surface area contributed by atoms with Gasteiger partial charge in [-0.15, -0.1) is 0 Å².